The van der Waals surface area contributed by atoms with E-state index in [-0.39, 0.29) is 0 Å². The Balaban J connectivity index is 2.45. The van der Waals surface area contributed by atoms with E-state index in [0.29, 0.717) is 16.6 Å². The van der Waals surface area contributed by atoms with Gasteiger partial charge in [-0.25, -0.2) is 4.68 Å². The molecule has 2 aromatic rings. The first kappa shape index (κ1) is 10.5. The topological polar surface area (TPSA) is 43.8 Å². The minimum absolute atomic E-state index is 0.404. The fourth-order valence-electron chi connectivity index (χ4n) is 1.30. The Morgan fingerprint density at radius 3 is 2.73 bits per heavy atom. The summed E-state index contributed by atoms with van der Waals surface area (Å²) in [6.07, 6.45) is 3.31. The normalized spacial score (nSPS) is 10.6. The third-order valence-corrected chi connectivity index (χ3v) is 2.63. The zero-order chi connectivity index (χ0) is 10.8. The van der Waals surface area contributed by atoms with Gasteiger partial charge in [0.15, 0.2) is 0 Å². The van der Waals surface area contributed by atoms with Crippen molar-refractivity contribution in [2.75, 3.05) is 0 Å². The van der Waals surface area contributed by atoms with Crippen LogP contribution in [0.4, 0.5) is 0 Å². The van der Waals surface area contributed by atoms with Gasteiger partial charge in [0, 0.05) is 17.8 Å². The van der Waals surface area contributed by atoms with Gasteiger partial charge in [-0.1, -0.05) is 23.2 Å². The maximum absolute atomic E-state index is 5.95. The van der Waals surface area contributed by atoms with Crippen LogP contribution < -0.4 is 5.73 Å². The maximum Gasteiger partial charge on any atom is 0.0790 e. The summed E-state index contributed by atoms with van der Waals surface area (Å²) in [4.78, 5) is 0. The Morgan fingerprint density at radius 2 is 2.13 bits per heavy atom. The molecule has 0 fully saturated rings. The third kappa shape index (κ3) is 2.15. The summed E-state index contributed by atoms with van der Waals surface area (Å²) in [7, 11) is 0. The summed E-state index contributed by atoms with van der Waals surface area (Å²) in [5, 5.41) is 5.35. The van der Waals surface area contributed by atoms with Crippen LogP contribution in [0.1, 0.15) is 5.56 Å². The Bertz CT molecular complexity index is 479. The lowest BCUT2D eigenvalue weighted by molar-refractivity contribution is 0.876. The van der Waals surface area contributed by atoms with Gasteiger partial charge in [-0.3, -0.25) is 0 Å². The molecule has 1 heterocycles. The summed E-state index contributed by atoms with van der Waals surface area (Å²) >= 11 is 11.7. The van der Waals surface area contributed by atoms with Crippen molar-refractivity contribution >= 4 is 23.2 Å². The van der Waals surface area contributed by atoms with Gasteiger partial charge in [-0.15, -0.1) is 0 Å². The molecule has 0 aliphatic carbocycles. The molecule has 78 valence electrons. The molecule has 0 unspecified atom stereocenters. The van der Waals surface area contributed by atoms with Gasteiger partial charge in [-0.05, 0) is 23.8 Å². The van der Waals surface area contributed by atoms with E-state index in [1.54, 1.807) is 23.1 Å². The van der Waals surface area contributed by atoms with Crippen LogP contribution in [0.25, 0.3) is 5.69 Å². The molecule has 0 amide bonds. The van der Waals surface area contributed by atoms with E-state index >= 15 is 0 Å². The molecule has 15 heavy (non-hydrogen) atoms. The number of halogens is 2. The molecule has 2 rings (SSSR count). The van der Waals surface area contributed by atoms with Crippen molar-refractivity contribution in [2.24, 2.45) is 5.73 Å². The molecular formula is C10H9Cl2N3. The summed E-state index contributed by atoms with van der Waals surface area (Å²) < 4.78 is 1.68. The predicted molar refractivity (Wildman–Crippen MR) is 61.5 cm³/mol. The fraction of sp³-hybridized carbons (Fsp3) is 0.100. The Labute approximate surface area is 97.4 Å². The van der Waals surface area contributed by atoms with Gasteiger partial charge in [-0.2, -0.15) is 5.10 Å². The molecule has 0 atom stereocenters. The van der Waals surface area contributed by atoms with Crippen LogP contribution in [0.3, 0.4) is 0 Å². The van der Waals surface area contributed by atoms with E-state index < -0.39 is 0 Å². The van der Waals surface area contributed by atoms with Crippen molar-refractivity contribution < 1.29 is 0 Å². The molecule has 1 aromatic heterocycles. The lowest BCUT2D eigenvalue weighted by atomic mass is 10.2. The first-order valence-corrected chi connectivity index (χ1v) is 5.15. The van der Waals surface area contributed by atoms with Gasteiger partial charge < -0.3 is 5.73 Å². The first-order valence-electron chi connectivity index (χ1n) is 4.40. The Kier molecular flexibility index (Phi) is 2.95. The fourth-order valence-corrected chi connectivity index (χ4v) is 1.63. The second-order valence-corrected chi connectivity index (χ2v) is 3.93. The molecule has 0 saturated heterocycles. The SMILES string of the molecule is NCc1cc(-n2cc(Cl)cn2)ccc1Cl. The van der Waals surface area contributed by atoms with Gasteiger partial charge >= 0.3 is 0 Å². The lowest BCUT2D eigenvalue weighted by Crippen LogP contribution is -2.00. The van der Waals surface area contributed by atoms with Crippen molar-refractivity contribution in [2.45, 2.75) is 6.54 Å². The third-order valence-electron chi connectivity index (χ3n) is 2.06. The first-order chi connectivity index (χ1) is 7.20. The van der Waals surface area contributed by atoms with Crippen LogP contribution in [-0.4, -0.2) is 9.78 Å². The molecule has 2 N–H and O–H groups in total. The number of benzene rings is 1. The molecular weight excluding hydrogens is 233 g/mol. The van der Waals surface area contributed by atoms with Crippen molar-refractivity contribution in [1.82, 2.24) is 9.78 Å². The van der Waals surface area contributed by atoms with Crippen molar-refractivity contribution in [3.05, 3.63) is 46.2 Å². The van der Waals surface area contributed by atoms with Crippen LogP contribution in [0, 0.1) is 0 Å². The minimum Gasteiger partial charge on any atom is -0.326 e. The van der Waals surface area contributed by atoms with Crippen LogP contribution >= 0.6 is 23.2 Å². The van der Waals surface area contributed by atoms with Crippen molar-refractivity contribution in [1.29, 1.82) is 0 Å². The lowest BCUT2D eigenvalue weighted by Gasteiger charge is -2.05. The Morgan fingerprint density at radius 1 is 1.33 bits per heavy atom. The average Bonchev–Trinajstić information content (AvgIpc) is 2.66. The number of nitrogens with two attached hydrogens (primary N) is 1. The summed E-state index contributed by atoms with van der Waals surface area (Å²) in [5.41, 5.74) is 7.35. The molecule has 3 nitrogen and oxygen atoms in total. The van der Waals surface area contributed by atoms with E-state index in [9.17, 15) is 0 Å². The molecule has 0 spiro atoms. The standard InChI is InChI=1S/C10H9Cl2N3/c11-8-5-14-15(6-8)9-1-2-10(12)7(3-9)4-13/h1-3,5-6H,4,13H2. The van der Waals surface area contributed by atoms with E-state index in [2.05, 4.69) is 5.10 Å². The molecule has 1 aromatic carbocycles. The van der Waals surface area contributed by atoms with E-state index in [1.807, 2.05) is 12.1 Å². The summed E-state index contributed by atoms with van der Waals surface area (Å²) in [5.74, 6) is 0. The van der Waals surface area contributed by atoms with E-state index in [0.717, 1.165) is 11.3 Å². The second-order valence-electron chi connectivity index (χ2n) is 3.08. The molecule has 0 saturated carbocycles. The van der Waals surface area contributed by atoms with Crippen molar-refractivity contribution in [3.8, 4) is 5.69 Å². The van der Waals surface area contributed by atoms with Gasteiger partial charge in [0.2, 0.25) is 0 Å². The van der Waals surface area contributed by atoms with Crippen LogP contribution in [0.2, 0.25) is 10.0 Å². The highest BCUT2D eigenvalue weighted by Crippen LogP contribution is 2.20. The molecule has 0 aliphatic rings. The van der Waals surface area contributed by atoms with Crippen LogP contribution in [-0.2, 0) is 6.54 Å². The predicted octanol–water partition coefficient (Wildman–Crippen LogP) is 2.64. The molecule has 0 aliphatic heterocycles. The monoisotopic (exact) mass is 241 g/mol. The number of aromatic nitrogens is 2. The summed E-state index contributed by atoms with van der Waals surface area (Å²) in [6, 6.07) is 5.56. The summed E-state index contributed by atoms with van der Waals surface area (Å²) in [6.45, 7) is 0.404. The molecule has 0 radical (unpaired) electrons. The zero-order valence-corrected chi connectivity index (χ0v) is 9.33. The second kappa shape index (κ2) is 4.23. The highest BCUT2D eigenvalue weighted by Gasteiger charge is 2.03. The highest BCUT2D eigenvalue weighted by molar-refractivity contribution is 6.31. The maximum atomic E-state index is 5.95. The number of rotatable bonds is 2. The van der Waals surface area contributed by atoms with Gasteiger partial charge in [0.25, 0.3) is 0 Å². The molecule has 0 bridgehead atoms. The zero-order valence-electron chi connectivity index (χ0n) is 7.82. The minimum atomic E-state index is 0.404. The Hall–Kier alpha value is -1.03. The smallest absolute Gasteiger partial charge is 0.0790 e. The van der Waals surface area contributed by atoms with Crippen molar-refractivity contribution in [3.63, 3.8) is 0 Å². The highest BCUT2D eigenvalue weighted by atomic mass is 35.5. The quantitative estimate of drug-likeness (QED) is 0.879. The van der Waals surface area contributed by atoms with Gasteiger partial charge in [0.1, 0.15) is 0 Å². The van der Waals surface area contributed by atoms with E-state index in [1.165, 1.54) is 0 Å². The average molecular weight is 242 g/mol. The van der Waals surface area contributed by atoms with Crippen LogP contribution in [0.15, 0.2) is 30.6 Å². The number of nitrogens with zero attached hydrogens (tertiary/aromatic N) is 2. The van der Waals surface area contributed by atoms with Crippen LogP contribution in [0.5, 0.6) is 0 Å². The number of hydrogen-bond acceptors (Lipinski definition) is 2. The largest absolute Gasteiger partial charge is 0.326 e. The molecule has 5 heteroatoms. The van der Waals surface area contributed by atoms with Gasteiger partial charge in [0.05, 0.1) is 16.9 Å². The van der Waals surface area contributed by atoms with E-state index in [4.69, 9.17) is 28.9 Å². The number of hydrogen-bond donors (Lipinski definition) is 1.